The van der Waals surface area contributed by atoms with E-state index in [0.717, 1.165) is 36.1 Å². The van der Waals surface area contributed by atoms with Crippen molar-refractivity contribution in [1.82, 2.24) is 9.78 Å². The zero-order chi connectivity index (χ0) is 18.5. The van der Waals surface area contributed by atoms with Gasteiger partial charge in [-0.25, -0.2) is 8.78 Å². The average molecular weight is 359 g/mol. The van der Waals surface area contributed by atoms with E-state index in [2.05, 4.69) is 10.4 Å². The topological polar surface area (TPSA) is 46.9 Å². The molecule has 4 nitrogen and oxygen atoms in total. The monoisotopic (exact) mass is 359 g/mol. The number of hydrogen-bond donors (Lipinski definition) is 1. The van der Waals surface area contributed by atoms with Gasteiger partial charge < -0.3 is 5.32 Å². The van der Waals surface area contributed by atoms with Crippen molar-refractivity contribution in [3.05, 3.63) is 35.6 Å². The number of benzene rings is 1. The maximum absolute atomic E-state index is 13.7. The molecule has 0 saturated heterocycles. The zero-order valence-corrected chi connectivity index (χ0v) is 15.1. The van der Waals surface area contributed by atoms with E-state index < -0.39 is 5.67 Å². The second-order valence-electron chi connectivity index (χ2n) is 7.88. The Bertz CT molecular complexity index is 829. The summed E-state index contributed by atoms with van der Waals surface area (Å²) >= 11 is 0. The van der Waals surface area contributed by atoms with Crippen LogP contribution in [0.1, 0.15) is 50.5 Å². The van der Waals surface area contributed by atoms with E-state index in [1.807, 2.05) is 0 Å². The van der Waals surface area contributed by atoms with E-state index in [9.17, 15) is 13.6 Å². The van der Waals surface area contributed by atoms with Gasteiger partial charge >= 0.3 is 0 Å². The Balaban J connectivity index is 1.66. The van der Waals surface area contributed by atoms with Crippen LogP contribution in [0.5, 0.6) is 0 Å². The van der Waals surface area contributed by atoms with Crippen molar-refractivity contribution >= 4 is 11.7 Å². The van der Waals surface area contributed by atoms with Crippen LogP contribution in [0.2, 0.25) is 0 Å². The Hall–Kier alpha value is -2.24. The molecule has 0 aliphatic heterocycles. The highest BCUT2D eigenvalue weighted by Gasteiger charge is 2.44. The third-order valence-corrected chi connectivity index (χ3v) is 5.67. The number of alkyl halides is 1. The number of amides is 1. The van der Waals surface area contributed by atoms with E-state index in [1.54, 1.807) is 23.9 Å². The van der Waals surface area contributed by atoms with Gasteiger partial charge in [-0.15, -0.1) is 0 Å². The molecule has 2 saturated carbocycles. The minimum atomic E-state index is -1.23. The maximum atomic E-state index is 13.7. The van der Waals surface area contributed by atoms with Crippen LogP contribution in [0.15, 0.2) is 24.3 Å². The van der Waals surface area contributed by atoms with Gasteiger partial charge in [-0.1, -0.05) is 6.42 Å². The summed E-state index contributed by atoms with van der Waals surface area (Å²) in [6.07, 6.45) is 3.78. The number of hydrogen-bond acceptors (Lipinski definition) is 2. The van der Waals surface area contributed by atoms with Gasteiger partial charge in [-0.3, -0.25) is 9.48 Å². The van der Waals surface area contributed by atoms with Crippen molar-refractivity contribution in [3.63, 3.8) is 0 Å². The minimum Gasteiger partial charge on any atom is -0.310 e. The Labute approximate surface area is 151 Å². The number of rotatable bonds is 4. The molecule has 0 atom stereocenters. The summed E-state index contributed by atoms with van der Waals surface area (Å²) < 4.78 is 28.7. The highest BCUT2D eigenvalue weighted by Crippen LogP contribution is 2.46. The van der Waals surface area contributed by atoms with Crippen molar-refractivity contribution < 1.29 is 13.6 Å². The first-order valence-corrected chi connectivity index (χ1v) is 9.17. The Morgan fingerprint density at radius 2 is 1.92 bits per heavy atom. The molecule has 0 spiro atoms. The lowest BCUT2D eigenvalue weighted by Gasteiger charge is -2.37. The van der Waals surface area contributed by atoms with Crippen LogP contribution in [-0.2, 0) is 11.8 Å². The van der Waals surface area contributed by atoms with E-state index >= 15 is 0 Å². The molecule has 1 heterocycles. The predicted molar refractivity (Wildman–Crippen MR) is 96.1 cm³/mol. The fourth-order valence-electron chi connectivity index (χ4n) is 3.97. The van der Waals surface area contributed by atoms with Crippen LogP contribution in [0.3, 0.4) is 0 Å². The minimum absolute atomic E-state index is 0.144. The van der Waals surface area contributed by atoms with Gasteiger partial charge in [0.25, 0.3) is 0 Å². The van der Waals surface area contributed by atoms with E-state index in [1.165, 1.54) is 19.1 Å². The van der Waals surface area contributed by atoms with Gasteiger partial charge in [0.1, 0.15) is 17.3 Å². The molecule has 1 aromatic carbocycles. The summed E-state index contributed by atoms with van der Waals surface area (Å²) in [5.41, 5.74) is 1.41. The second-order valence-corrected chi connectivity index (χ2v) is 7.88. The van der Waals surface area contributed by atoms with Gasteiger partial charge in [0.15, 0.2) is 0 Å². The van der Waals surface area contributed by atoms with Crippen molar-refractivity contribution in [1.29, 1.82) is 0 Å². The van der Waals surface area contributed by atoms with Crippen LogP contribution in [-0.4, -0.2) is 21.4 Å². The van der Waals surface area contributed by atoms with Gasteiger partial charge in [-0.05, 0) is 62.8 Å². The molecule has 2 aliphatic rings. The molecule has 2 fully saturated rings. The summed E-state index contributed by atoms with van der Waals surface area (Å²) in [5.74, 6) is 0.304. The number of nitrogens with one attached hydrogen (secondary N) is 1. The molecule has 0 bridgehead atoms. The van der Waals surface area contributed by atoms with Crippen molar-refractivity contribution in [2.75, 3.05) is 5.32 Å². The van der Waals surface area contributed by atoms with E-state index in [-0.39, 0.29) is 30.5 Å². The third-order valence-electron chi connectivity index (χ3n) is 5.67. The highest BCUT2D eigenvalue weighted by atomic mass is 19.1. The van der Waals surface area contributed by atoms with Crippen molar-refractivity contribution in [2.24, 2.45) is 13.0 Å². The first kappa shape index (κ1) is 17.2. The van der Waals surface area contributed by atoms with E-state index in [4.69, 9.17) is 0 Å². The number of carbonyl (C=O) groups is 1. The van der Waals surface area contributed by atoms with Gasteiger partial charge in [0, 0.05) is 24.1 Å². The molecule has 26 heavy (non-hydrogen) atoms. The molecule has 1 N–H and O–H groups in total. The van der Waals surface area contributed by atoms with Gasteiger partial charge in [0.05, 0.1) is 5.69 Å². The second kappa shape index (κ2) is 6.18. The summed E-state index contributed by atoms with van der Waals surface area (Å²) in [7, 11) is 1.80. The summed E-state index contributed by atoms with van der Waals surface area (Å²) in [4.78, 5) is 12.5. The quantitative estimate of drug-likeness (QED) is 0.869. The molecule has 138 valence electrons. The molecule has 6 heteroatoms. The molecule has 0 radical (unpaired) electrons. The number of carbonyl (C=O) groups excluding carboxylic acids is 1. The first-order chi connectivity index (χ1) is 12.3. The summed E-state index contributed by atoms with van der Waals surface area (Å²) in [5, 5.41) is 7.59. The standard InChI is InChI=1S/C20H23F2N3O/c1-20(22)10-14(11-20)19(26)23-18-16(12-4-3-5-12)17(24-25(18)2)13-6-8-15(21)9-7-13/h6-9,12,14H,3-5,10-11H2,1-2H3,(H,23,26). The number of aromatic nitrogens is 2. The summed E-state index contributed by atoms with van der Waals surface area (Å²) in [6, 6.07) is 6.27. The van der Waals surface area contributed by atoms with Crippen LogP contribution in [0, 0.1) is 11.7 Å². The predicted octanol–water partition coefficient (Wildman–Crippen LogP) is 4.57. The van der Waals surface area contributed by atoms with Crippen molar-refractivity contribution in [2.45, 2.75) is 50.6 Å². The smallest absolute Gasteiger partial charge is 0.228 e. The van der Waals surface area contributed by atoms with Crippen LogP contribution in [0.4, 0.5) is 14.6 Å². The molecular formula is C20H23F2N3O. The van der Waals surface area contributed by atoms with Crippen molar-refractivity contribution in [3.8, 4) is 11.3 Å². The van der Waals surface area contributed by atoms with Crippen LogP contribution in [0.25, 0.3) is 11.3 Å². The van der Waals surface area contributed by atoms with Crippen LogP contribution < -0.4 is 5.32 Å². The average Bonchev–Trinajstić information content (AvgIpc) is 2.81. The fraction of sp³-hybridized carbons (Fsp3) is 0.500. The normalized spacial score (nSPS) is 25.5. The molecule has 2 aromatic rings. The number of aryl methyl sites for hydroxylation is 1. The lowest BCUT2D eigenvalue weighted by Crippen LogP contribution is -2.43. The first-order valence-electron chi connectivity index (χ1n) is 9.17. The molecule has 1 aromatic heterocycles. The molecule has 0 unspecified atom stereocenters. The van der Waals surface area contributed by atoms with E-state index in [0.29, 0.717) is 11.7 Å². The summed E-state index contributed by atoms with van der Waals surface area (Å²) in [6.45, 7) is 1.54. The van der Waals surface area contributed by atoms with Gasteiger partial charge in [0.2, 0.25) is 5.91 Å². The Morgan fingerprint density at radius 3 is 2.46 bits per heavy atom. The maximum Gasteiger partial charge on any atom is 0.228 e. The Morgan fingerprint density at radius 1 is 1.27 bits per heavy atom. The SMILES string of the molecule is Cn1nc(-c2ccc(F)cc2)c(C2CCC2)c1NC(=O)C1CC(C)(F)C1. The number of halogens is 2. The zero-order valence-electron chi connectivity index (χ0n) is 15.1. The Kier molecular flexibility index (Phi) is 4.09. The molecule has 2 aliphatic carbocycles. The third kappa shape index (κ3) is 3.02. The number of nitrogens with zero attached hydrogens (tertiary/aromatic N) is 2. The fourth-order valence-corrected chi connectivity index (χ4v) is 3.97. The molecule has 4 rings (SSSR count). The van der Waals surface area contributed by atoms with Crippen LogP contribution >= 0.6 is 0 Å². The highest BCUT2D eigenvalue weighted by molar-refractivity contribution is 5.94. The lowest BCUT2D eigenvalue weighted by atomic mass is 9.73. The lowest BCUT2D eigenvalue weighted by molar-refractivity contribution is -0.127. The van der Waals surface area contributed by atoms with Gasteiger partial charge in [-0.2, -0.15) is 5.10 Å². The largest absolute Gasteiger partial charge is 0.310 e. The molecule has 1 amide bonds. The molecular weight excluding hydrogens is 336 g/mol. The number of anilines is 1.